The van der Waals surface area contributed by atoms with E-state index in [1.807, 2.05) is 33.8 Å². The van der Waals surface area contributed by atoms with Crippen molar-refractivity contribution in [2.24, 2.45) is 22.2 Å². The summed E-state index contributed by atoms with van der Waals surface area (Å²) in [5.41, 5.74) is 4.05. The van der Waals surface area contributed by atoms with E-state index >= 15 is 0 Å². The molecule has 0 spiro atoms. The molecule has 3 aliphatic rings. The Morgan fingerprint density at radius 3 is 2.26 bits per heavy atom. The van der Waals surface area contributed by atoms with Gasteiger partial charge in [-0.3, -0.25) is 29.1 Å². The number of amides is 3. The number of carbonyl (C=O) groups is 4. The number of ketones is 1. The van der Waals surface area contributed by atoms with Crippen molar-refractivity contribution < 1.29 is 28.7 Å². The van der Waals surface area contributed by atoms with Gasteiger partial charge in [-0.05, 0) is 60.7 Å². The Morgan fingerprint density at radius 1 is 0.969 bits per heavy atom. The Labute approximate surface area is 387 Å². The first-order valence-corrected chi connectivity index (χ1v) is 22.7. The summed E-state index contributed by atoms with van der Waals surface area (Å²) >= 11 is 6.25. The number of hydrogen-bond acceptors (Lipinski definition) is 12. The second-order valence-corrected chi connectivity index (χ2v) is 20.2. The van der Waals surface area contributed by atoms with E-state index in [2.05, 4.69) is 70.7 Å². The first-order chi connectivity index (χ1) is 30.7. The number of hydrogen-bond donors (Lipinski definition) is 3. The molecule has 1 saturated carbocycles. The first-order valence-electron chi connectivity index (χ1n) is 22.3. The Bertz CT molecular complexity index is 2280. The highest BCUT2D eigenvalue weighted by molar-refractivity contribution is 6.31. The Hall–Kier alpha value is -5.58. The van der Waals surface area contributed by atoms with E-state index in [1.165, 1.54) is 5.01 Å². The number of nitrogens with one attached hydrogen (secondary N) is 3. The molecule has 3 atom stereocenters. The molecule has 0 unspecified atom stereocenters. The average molecular weight is 909 g/mol. The molecule has 2 aromatic carbocycles. The topological polar surface area (TPSA) is 193 Å². The summed E-state index contributed by atoms with van der Waals surface area (Å²) in [6.45, 7) is 20.1. The summed E-state index contributed by atoms with van der Waals surface area (Å²) in [6.07, 6.45) is 1.83. The van der Waals surface area contributed by atoms with Crippen molar-refractivity contribution in [2.45, 2.75) is 99.0 Å². The zero-order valence-corrected chi connectivity index (χ0v) is 39.5. The van der Waals surface area contributed by atoms with Crippen LogP contribution in [0.1, 0.15) is 95.3 Å². The smallest absolute Gasteiger partial charge is 0.253 e. The molecule has 6 rings (SSSR count). The van der Waals surface area contributed by atoms with Gasteiger partial charge in [0.05, 0.1) is 40.3 Å². The predicted octanol–water partition coefficient (Wildman–Crippen LogP) is 5.66. The van der Waals surface area contributed by atoms with Gasteiger partial charge in [-0.2, -0.15) is 10.5 Å². The van der Waals surface area contributed by atoms with E-state index in [0.717, 1.165) is 37.6 Å². The molecule has 346 valence electrons. The zero-order valence-electron chi connectivity index (χ0n) is 38.7. The van der Waals surface area contributed by atoms with Crippen molar-refractivity contribution >= 4 is 40.9 Å². The molecule has 3 heterocycles. The monoisotopic (exact) mass is 907 g/mol. The van der Waals surface area contributed by atoms with E-state index in [1.54, 1.807) is 54.7 Å². The summed E-state index contributed by atoms with van der Waals surface area (Å²) in [5, 5.41) is 26.2. The van der Waals surface area contributed by atoms with Gasteiger partial charge < -0.3 is 25.0 Å². The highest BCUT2D eigenvalue weighted by Crippen LogP contribution is 2.55. The highest BCUT2D eigenvalue weighted by Gasteiger charge is 2.64. The van der Waals surface area contributed by atoms with Crippen LogP contribution in [0.3, 0.4) is 0 Å². The summed E-state index contributed by atoms with van der Waals surface area (Å²) in [7, 11) is 0. The Kier molecular flexibility index (Phi) is 15.3. The van der Waals surface area contributed by atoms with Gasteiger partial charge in [-0.1, -0.05) is 72.2 Å². The molecule has 2 aliphatic heterocycles. The van der Waals surface area contributed by atoms with Crippen LogP contribution in [0.15, 0.2) is 60.8 Å². The van der Waals surface area contributed by atoms with Crippen molar-refractivity contribution in [1.29, 1.82) is 10.5 Å². The van der Waals surface area contributed by atoms with E-state index in [4.69, 9.17) is 26.3 Å². The Balaban J connectivity index is 0.917. The minimum absolute atomic E-state index is 0.0103. The Morgan fingerprint density at radius 2 is 1.66 bits per heavy atom. The summed E-state index contributed by atoms with van der Waals surface area (Å²) in [4.78, 5) is 63.2. The number of anilines is 1. The van der Waals surface area contributed by atoms with Crippen molar-refractivity contribution in [3.63, 3.8) is 0 Å². The third-order valence-electron chi connectivity index (χ3n) is 13.1. The number of aromatic nitrogens is 1. The number of Topliss-reactive ketones (excluding diaryl/α,β-unsaturated/α-hetero) is 1. The van der Waals surface area contributed by atoms with E-state index in [-0.39, 0.29) is 61.3 Å². The van der Waals surface area contributed by atoms with Crippen LogP contribution in [-0.4, -0.2) is 109 Å². The van der Waals surface area contributed by atoms with Crippen LogP contribution in [0, 0.1) is 44.8 Å². The lowest BCUT2D eigenvalue weighted by Gasteiger charge is -2.63. The molecule has 3 aromatic rings. The van der Waals surface area contributed by atoms with Crippen molar-refractivity contribution in [2.75, 3.05) is 50.8 Å². The molecular formula is C49H62ClN9O6. The fourth-order valence-corrected chi connectivity index (χ4v) is 9.80. The molecule has 3 fully saturated rings. The number of benzene rings is 2. The fraction of sp³-hybridized carbons (Fsp3) is 0.531. The van der Waals surface area contributed by atoms with Crippen LogP contribution in [0.5, 0.6) is 5.75 Å². The zero-order chi connectivity index (χ0) is 47.3. The number of rotatable bonds is 16. The highest BCUT2D eigenvalue weighted by atomic mass is 35.5. The fourth-order valence-electron chi connectivity index (χ4n) is 9.58. The van der Waals surface area contributed by atoms with Crippen LogP contribution in [-0.2, 0) is 25.7 Å². The van der Waals surface area contributed by atoms with Gasteiger partial charge in [0.15, 0.2) is 5.78 Å². The van der Waals surface area contributed by atoms with E-state index in [9.17, 15) is 24.4 Å². The lowest BCUT2D eigenvalue weighted by Crippen LogP contribution is -2.74. The molecular weight excluding hydrogens is 846 g/mol. The molecule has 3 N–H and O–H groups in total. The molecule has 1 aliphatic carbocycles. The lowest BCUT2D eigenvalue weighted by molar-refractivity contribution is -0.164. The molecule has 2 saturated heterocycles. The number of pyridine rings is 1. The normalized spacial score (nSPS) is 21.9. The van der Waals surface area contributed by atoms with Crippen molar-refractivity contribution in [1.82, 2.24) is 31.0 Å². The third-order valence-corrected chi connectivity index (χ3v) is 13.4. The maximum absolute atomic E-state index is 14.0. The van der Waals surface area contributed by atoms with Gasteiger partial charge in [0.1, 0.15) is 36.4 Å². The molecule has 1 aromatic heterocycles. The van der Waals surface area contributed by atoms with Crippen LogP contribution in [0.2, 0.25) is 5.02 Å². The van der Waals surface area contributed by atoms with Gasteiger partial charge in [0, 0.05) is 80.9 Å². The maximum atomic E-state index is 14.0. The largest absolute Gasteiger partial charge is 0.489 e. The number of ether oxygens (including phenoxy) is 2. The standard InChI is InChI=1S/C49H62ClN9O6/c1-31-23-40(43(62)54-28-33-11-9-32(26-51)10-12-33)59(56-31)44(63)38(47(2,3)4)24-36(60)30-64-22-21-57-17-19-58(20-18-57)41-16-14-35(29-53-41)42(61)55-45-48(5,6)46(49(45,7)8)65-37-15-13-34(27-52)39(50)25-37/h9-16,25,29,31,38,40,45-46,56H,17-24,28,30H2,1-8H3,(H,54,62)(H,55,61)/t31-,38-,40+,45?,46?/m1/s1. The molecule has 3 amide bonds. The van der Waals surface area contributed by atoms with E-state index in [0.29, 0.717) is 47.0 Å². The number of hydrazine groups is 1. The molecule has 15 nitrogen and oxygen atoms in total. The second kappa shape index (κ2) is 20.3. The van der Waals surface area contributed by atoms with Crippen molar-refractivity contribution in [3.8, 4) is 17.9 Å². The number of nitrogens with zero attached hydrogens (tertiary/aromatic N) is 6. The number of halogens is 1. The number of carbonyl (C=O) groups excluding carboxylic acids is 4. The molecule has 0 bridgehead atoms. The van der Waals surface area contributed by atoms with Gasteiger partial charge in [-0.15, -0.1) is 0 Å². The van der Waals surface area contributed by atoms with Gasteiger partial charge in [-0.25, -0.2) is 10.4 Å². The van der Waals surface area contributed by atoms with Crippen molar-refractivity contribution in [3.05, 3.63) is 88.1 Å². The van der Waals surface area contributed by atoms with Crippen LogP contribution in [0.4, 0.5) is 5.82 Å². The van der Waals surface area contributed by atoms with Gasteiger partial charge in [0.2, 0.25) is 11.8 Å². The number of piperazine rings is 1. The third kappa shape index (κ3) is 11.5. The molecule has 16 heteroatoms. The minimum Gasteiger partial charge on any atom is -0.489 e. The molecule has 0 radical (unpaired) electrons. The lowest BCUT2D eigenvalue weighted by atomic mass is 9.49. The predicted molar refractivity (Wildman–Crippen MR) is 247 cm³/mol. The van der Waals surface area contributed by atoms with Gasteiger partial charge >= 0.3 is 0 Å². The first kappa shape index (κ1) is 48.9. The molecule has 65 heavy (non-hydrogen) atoms. The number of nitriles is 2. The summed E-state index contributed by atoms with van der Waals surface area (Å²) in [5.74, 6) is -0.273. The van der Waals surface area contributed by atoms with Crippen LogP contribution >= 0.6 is 11.6 Å². The van der Waals surface area contributed by atoms with Crippen LogP contribution in [0.25, 0.3) is 0 Å². The van der Waals surface area contributed by atoms with E-state index < -0.39 is 28.2 Å². The quantitative estimate of drug-likeness (QED) is 0.150. The SMILES string of the molecule is C[C@@H]1C[C@@H](C(=O)NCc2ccc(C#N)cc2)N(C(=O)[C@@H](CC(=O)COCCN2CCN(c3ccc(C(=O)NC4C(C)(C)C(Oc5ccc(C#N)c(Cl)c5)C4(C)C)cn3)CC2)C(C)(C)C)N1. The van der Waals surface area contributed by atoms with Gasteiger partial charge in [0.25, 0.3) is 5.91 Å². The summed E-state index contributed by atoms with van der Waals surface area (Å²) < 4.78 is 12.2. The summed E-state index contributed by atoms with van der Waals surface area (Å²) in [6, 6.07) is 18.8. The second-order valence-electron chi connectivity index (χ2n) is 19.8. The van der Waals surface area contributed by atoms with Crippen LogP contribution < -0.4 is 25.7 Å². The minimum atomic E-state index is -0.729. The maximum Gasteiger partial charge on any atom is 0.253 e. The average Bonchev–Trinajstić information content (AvgIpc) is 3.68.